The monoisotopic (exact) mass is 454 g/mol. The number of rotatable bonds is 13. The van der Waals surface area contributed by atoms with Crippen LogP contribution in [0.4, 0.5) is 5.95 Å². The molecule has 0 amide bonds. The lowest BCUT2D eigenvalue weighted by Gasteiger charge is -2.08. The molecule has 1 aromatic carbocycles. The van der Waals surface area contributed by atoms with E-state index in [2.05, 4.69) is 27.4 Å². The smallest absolute Gasteiger partial charge is 0.329 e. The first-order chi connectivity index (χ1) is 16.0. The number of methoxy groups -OCH3 is 1. The molecular weight excluding hydrogens is 420 g/mol. The van der Waals surface area contributed by atoms with Gasteiger partial charge in [0.2, 0.25) is 5.95 Å². The molecule has 0 saturated carbocycles. The van der Waals surface area contributed by atoms with Crippen LogP contribution in [0.5, 0.6) is 5.75 Å². The molecule has 0 aliphatic carbocycles. The van der Waals surface area contributed by atoms with Crippen LogP contribution in [0.25, 0.3) is 11.2 Å². The number of aromatic amines is 1. The molecule has 0 spiro atoms. The molecule has 0 aliphatic heterocycles. The highest BCUT2D eigenvalue weighted by atomic mass is 16.5. The summed E-state index contributed by atoms with van der Waals surface area (Å²) < 4.78 is 8.33. The number of nitrogens with zero attached hydrogens (tertiary/aromatic N) is 4. The van der Waals surface area contributed by atoms with Gasteiger partial charge in [-0.05, 0) is 36.2 Å². The Morgan fingerprint density at radius 3 is 2.39 bits per heavy atom. The molecule has 2 aromatic heterocycles. The predicted octanol–water partition coefficient (Wildman–Crippen LogP) is 4.02. The minimum atomic E-state index is -0.488. The van der Waals surface area contributed by atoms with Crippen LogP contribution in [0.2, 0.25) is 0 Å². The summed E-state index contributed by atoms with van der Waals surface area (Å²) in [5.41, 5.74) is 3.63. The number of hydrazone groups is 1. The van der Waals surface area contributed by atoms with E-state index >= 15 is 0 Å². The van der Waals surface area contributed by atoms with Gasteiger partial charge in [0, 0.05) is 13.6 Å². The number of aromatic nitrogens is 4. The second-order valence-corrected chi connectivity index (χ2v) is 8.20. The Hall–Kier alpha value is -3.36. The summed E-state index contributed by atoms with van der Waals surface area (Å²) >= 11 is 0. The van der Waals surface area contributed by atoms with E-state index in [-0.39, 0.29) is 0 Å². The van der Waals surface area contributed by atoms with E-state index in [1.807, 2.05) is 28.8 Å². The van der Waals surface area contributed by atoms with Gasteiger partial charge < -0.3 is 9.30 Å². The van der Waals surface area contributed by atoms with Gasteiger partial charge in [-0.2, -0.15) is 10.1 Å². The fourth-order valence-electron chi connectivity index (χ4n) is 3.80. The quantitative estimate of drug-likeness (QED) is 0.230. The van der Waals surface area contributed by atoms with E-state index < -0.39 is 11.2 Å². The minimum absolute atomic E-state index is 0.338. The van der Waals surface area contributed by atoms with Crippen LogP contribution in [-0.4, -0.2) is 32.4 Å². The number of anilines is 1. The molecule has 0 fully saturated rings. The fourth-order valence-corrected chi connectivity index (χ4v) is 3.80. The molecule has 0 radical (unpaired) electrons. The van der Waals surface area contributed by atoms with Crippen molar-refractivity contribution < 1.29 is 4.74 Å². The van der Waals surface area contributed by atoms with Gasteiger partial charge >= 0.3 is 5.69 Å². The van der Waals surface area contributed by atoms with E-state index in [0.29, 0.717) is 23.7 Å². The SMILES string of the molecule is CCCCCCCCCCn1c(N/N=C/c2ccc(OC)cc2)nc2c1c(=O)[nH]c(=O)n2C. The maximum Gasteiger partial charge on any atom is 0.329 e. The van der Waals surface area contributed by atoms with E-state index in [4.69, 9.17) is 4.74 Å². The summed E-state index contributed by atoms with van der Waals surface area (Å²) in [6, 6.07) is 7.49. The van der Waals surface area contributed by atoms with Crippen molar-refractivity contribution in [3.05, 3.63) is 50.7 Å². The van der Waals surface area contributed by atoms with Crippen LogP contribution in [0.3, 0.4) is 0 Å². The van der Waals surface area contributed by atoms with Gasteiger partial charge in [0.15, 0.2) is 11.2 Å². The normalized spacial score (nSPS) is 11.5. The third kappa shape index (κ3) is 6.34. The summed E-state index contributed by atoms with van der Waals surface area (Å²) in [7, 11) is 3.22. The van der Waals surface area contributed by atoms with Gasteiger partial charge in [0.25, 0.3) is 5.56 Å². The second kappa shape index (κ2) is 12.0. The van der Waals surface area contributed by atoms with E-state index in [0.717, 1.165) is 24.2 Å². The Bertz CT molecular complexity index is 1170. The average Bonchev–Trinajstić information content (AvgIpc) is 3.19. The first kappa shape index (κ1) is 24.3. The standard InChI is InChI=1S/C24H34N6O3/c1-4-5-6-7-8-9-10-11-16-30-20-21(29(2)24(32)27-22(20)31)26-23(30)28-25-17-18-12-14-19(33-3)15-13-18/h12-15,17H,4-11,16H2,1-3H3,(H,26,28)(H,27,31,32)/b25-17+. The first-order valence-electron chi connectivity index (χ1n) is 11.7. The molecule has 0 saturated heterocycles. The van der Waals surface area contributed by atoms with Crippen LogP contribution in [-0.2, 0) is 13.6 Å². The molecule has 3 rings (SSSR count). The molecule has 9 nitrogen and oxygen atoms in total. The molecular formula is C24H34N6O3. The van der Waals surface area contributed by atoms with Crippen molar-refractivity contribution in [1.29, 1.82) is 0 Å². The third-order valence-corrected chi connectivity index (χ3v) is 5.74. The number of H-pyrrole nitrogens is 1. The number of aryl methyl sites for hydroxylation is 2. The van der Waals surface area contributed by atoms with Gasteiger partial charge in [-0.15, -0.1) is 0 Å². The summed E-state index contributed by atoms with van der Waals surface area (Å²) in [6.45, 7) is 2.84. The second-order valence-electron chi connectivity index (χ2n) is 8.20. The number of ether oxygens (including phenoxy) is 1. The highest BCUT2D eigenvalue weighted by Gasteiger charge is 2.16. The number of hydrogen-bond acceptors (Lipinski definition) is 6. The number of benzene rings is 1. The highest BCUT2D eigenvalue weighted by Crippen LogP contribution is 2.18. The van der Waals surface area contributed by atoms with Crippen LogP contribution in [0.15, 0.2) is 39.0 Å². The van der Waals surface area contributed by atoms with E-state index in [1.54, 1.807) is 20.4 Å². The Morgan fingerprint density at radius 2 is 1.73 bits per heavy atom. The van der Waals surface area contributed by atoms with Gasteiger partial charge in [0.05, 0.1) is 13.3 Å². The maximum atomic E-state index is 12.6. The molecule has 9 heteroatoms. The molecule has 0 unspecified atom stereocenters. The summed E-state index contributed by atoms with van der Waals surface area (Å²) in [5, 5.41) is 4.29. The molecule has 0 aliphatic rings. The van der Waals surface area contributed by atoms with Crippen LogP contribution < -0.4 is 21.4 Å². The van der Waals surface area contributed by atoms with Crippen molar-refractivity contribution in [2.24, 2.45) is 12.1 Å². The van der Waals surface area contributed by atoms with Crippen molar-refractivity contribution >= 4 is 23.3 Å². The van der Waals surface area contributed by atoms with Gasteiger partial charge in [-0.25, -0.2) is 10.2 Å². The third-order valence-electron chi connectivity index (χ3n) is 5.74. The van der Waals surface area contributed by atoms with Crippen molar-refractivity contribution in [1.82, 2.24) is 19.1 Å². The van der Waals surface area contributed by atoms with Crippen molar-refractivity contribution in [3.63, 3.8) is 0 Å². The number of hydrogen-bond donors (Lipinski definition) is 2. The lowest BCUT2D eigenvalue weighted by atomic mass is 10.1. The van der Waals surface area contributed by atoms with E-state index in [9.17, 15) is 9.59 Å². The average molecular weight is 455 g/mol. The first-order valence-corrected chi connectivity index (χ1v) is 11.7. The molecule has 0 atom stereocenters. The lowest BCUT2D eigenvalue weighted by Crippen LogP contribution is -2.29. The zero-order chi connectivity index (χ0) is 23.6. The molecule has 2 N–H and O–H groups in total. The number of unbranched alkanes of at least 4 members (excludes halogenated alkanes) is 7. The number of fused-ring (bicyclic) bond motifs is 1. The van der Waals surface area contributed by atoms with Crippen molar-refractivity contribution in [3.8, 4) is 5.75 Å². The lowest BCUT2D eigenvalue weighted by molar-refractivity contribution is 0.415. The molecule has 2 heterocycles. The number of nitrogens with one attached hydrogen (secondary N) is 2. The largest absolute Gasteiger partial charge is 0.497 e. The summed E-state index contributed by atoms with van der Waals surface area (Å²) in [6.07, 6.45) is 11.2. The Balaban J connectivity index is 1.74. The van der Waals surface area contributed by atoms with Gasteiger partial charge in [-0.3, -0.25) is 14.3 Å². The topological polar surface area (TPSA) is 106 Å². The van der Waals surface area contributed by atoms with Gasteiger partial charge in [0.1, 0.15) is 5.75 Å². The molecule has 3 aromatic rings. The van der Waals surface area contributed by atoms with Crippen LogP contribution in [0, 0.1) is 0 Å². The highest BCUT2D eigenvalue weighted by molar-refractivity contribution is 5.80. The minimum Gasteiger partial charge on any atom is -0.497 e. The van der Waals surface area contributed by atoms with Crippen molar-refractivity contribution in [2.45, 2.75) is 64.8 Å². The maximum absolute atomic E-state index is 12.6. The Morgan fingerprint density at radius 1 is 1.06 bits per heavy atom. The van der Waals surface area contributed by atoms with Crippen LogP contribution in [0.1, 0.15) is 63.9 Å². The summed E-state index contributed by atoms with van der Waals surface area (Å²) in [5.74, 6) is 1.21. The van der Waals surface area contributed by atoms with Crippen molar-refractivity contribution in [2.75, 3.05) is 12.5 Å². The molecule has 178 valence electrons. The van der Waals surface area contributed by atoms with E-state index in [1.165, 1.54) is 43.1 Å². The fraction of sp³-hybridized carbons (Fsp3) is 0.500. The zero-order valence-corrected chi connectivity index (χ0v) is 19.8. The Kier molecular flexibility index (Phi) is 8.86. The molecule has 0 bridgehead atoms. The Labute approximate surface area is 193 Å². The molecule has 33 heavy (non-hydrogen) atoms. The summed E-state index contributed by atoms with van der Waals surface area (Å²) in [4.78, 5) is 31.5. The van der Waals surface area contributed by atoms with Crippen LogP contribution >= 0.6 is 0 Å². The predicted molar refractivity (Wildman–Crippen MR) is 132 cm³/mol. The van der Waals surface area contributed by atoms with Gasteiger partial charge in [-0.1, -0.05) is 51.9 Å². The zero-order valence-electron chi connectivity index (χ0n) is 19.8. The number of imidazole rings is 1.